The second kappa shape index (κ2) is 16.2. The van der Waals surface area contributed by atoms with E-state index in [-0.39, 0.29) is 0 Å². The van der Waals surface area contributed by atoms with Crippen LogP contribution in [0.4, 0.5) is 17.1 Å². The molecule has 1 aromatic heterocycles. The molecule has 0 N–H and O–H groups in total. The number of rotatable bonds is 8. The lowest BCUT2D eigenvalue weighted by Gasteiger charge is -2.30. The van der Waals surface area contributed by atoms with Gasteiger partial charge in [-0.1, -0.05) is 183 Å². The second-order valence-corrected chi connectivity index (χ2v) is 17.3. The Kier molecular flexibility index (Phi) is 9.57. The van der Waals surface area contributed by atoms with E-state index in [1.54, 1.807) is 0 Å². The minimum atomic E-state index is 0.405. The molecule has 2 nitrogen and oxygen atoms in total. The molecule has 1 heterocycles. The van der Waals surface area contributed by atoms with Gasteiger partial charge in [0.05, 0.1) is 16.7 Å². The third-order valence-electron chi connectivity index (χ3n) is 13.4. The summed E-state index contributed by atoms with van der Waals surface area (Å²) in [7, 11) is 0. The third kappa shape index (κ3) is 6.83. The molecule has 0 radical (unpaired) electrons. The molecule has 2 heteroatoms. The first kappa shape index (κ1) is 38.5. The number of hydrogen-bond donors (Lipinski definition) is 0. The topological polar surface area (TPSA) is 8.17 Å². The average molecular weight is 831 g/mol. The lowest BCUT2D eigenvalue weighted by molar-refractivity contribution is 0.758. The summed E-state index contributed by atoms with van der Waals surface area (Å²) in [6, 6.07) is 82.6. The first-order valence-corrected chi connectivity index (χ1v) is 22.7. The molecule has 0 fully saturated rings. The molecule has 12 rings (SSSR count). The molecular formula is C63H46N2. The smallest absolute Gasteiger partial charge is 0.0547 e. The summed E-state index contributed by atoms with van der Waals surface area (Å²) < 4.78 is 2.40. The van der Waals surface area contributed by atoms with Crippen molar-refractivity contribution in [2.45, 2.75) is 13.3 Å². The highest BCUT2D eigenvalue weighted by Gasteiger charge is 2.23. The summed E-state index contributed by atoms with van der Waals surface area (Å²) in [6.45, 7) is 2.35. The van der Waals surface area contributed by atoms with E-state index in [2.05, 4.69) is 259 Å². The normalized spacial score (nSPS) is 13.7. The fourth-order valence-corrected chi connectivity index (χ4v) is 10.3. The number of anilines is 3. The van der Waals surface area contributed by atoms with E-state index in [0.29, 0.717) is 5.92 Å². The average Bonchev–Trinajstić information content (AvgIpc) is 3.72. The van der Waals surface area contributed by atoms with Crippen LogP contribution in [0.1, 0.15) is 18.9 Å². The summed E-state index contributed by atoms with van der Waals surface area (Å²) in [6.07, 6.45) is 7.84. The maximum Gasteiger partial charge on any atom is 0.0547 e. The fourth-order valence-electron chi connectivity index (χ4n) is 10.3. The van der Waals surface area contributed by atoms with Gasteiger partial charge in [-0.3, -0.25) is 0 Å². The zero-order valence-electron chi connectivity index (χ0n) is 36.3. The van der Waals surface area contributed by atoms with E-state index in [1.807, 2.05) is 0 Å². The third-order valence-corrected chi connectivity index (χ3v) is 13.4. The van der Waals surface area contributed by atoms with Crippen molar-refractivity contribution < 1.29 is 0 Å². The van der Waals surface area contributed by atoms with Gasteiger partial charge < -0.3 is 9.47 Å². The summed E-state index contributed by atoms with van der Waals surface area (Å²) >= 11 is 0. The van der Waals surface area contributed by atoms with Gasteiger partial charge in [0, 0.05) is 33.4 Å². The number of allylic oxidation sites excluding steroid dienone is 4. The van der Waals surface area contributed by atoms with Crippen LogP contribution in [0.3, 0.4) is 0 Å². The van der Waals surface area contributed by atoms with Crippen molar-refractivity contribution >= 4 is 66.0 Å². The van der Waals surface area contributed by atoms with E-state index in [0.717, 1.165) is 40.3 Å². The van der Waals surface area contributed by atoms with Crippen molar-refractivity contribution in [3.63, 3.8) is 0 Å². The number of benzene rings is 10. The Balaban J connectivity index is 1.07. The molecule has 1 unspecified atom stereocenters. The first-order chi connectivity index (χ1) is 32.2. The van der Waals surface area contributed by atoms with Crippen molar-refractivity contribution in [2.24, 2.45) is 5.92 Å². The van der Waals surface area contributed by atoms with Crippen LogP contribution in [0, 0.1) is 5.92 Å². The quantitative estimate of drug-likeness (QED) is 0.139. The van der Waals surface area contributed by atoms with Crippen LogP contribution in [-0.4, -0.2) is 4.57 Å². The van der Waals surface area contributed by atoms with Crippen molar-refractivity contribution in [1.29, 1.82) is 0 Å². The predicted octanol–water partition coefficient (Wildman–Crippen LogP) is 17.5. The largest absolute Gasteiger partial charge is 0.310 e. The fraction of sp³-hybridized carbons (Fsp3) is 0.0476. The van der Waals surface area contributed by atoms with Gasteiger partial charge in [0.1, 0.15) is 0 Å². The number of para-hydroxylation sites is 3. The second-order valence-electron chi connectivity index (χ2n) is 17.3. The van der Waals surface area contributed by atoms with Crippen molar-refractivity contribution in [2.75, 3.05) is 4.90 Å². The molecule has 0 amide bonds. The van der Waals surface area contributed by atoms with Crippen LogP contribution >= 0.6 is 0 Å². The van der Waals surface area contributed by atoms with Crippen molar-refractivity contribution in [3.05, 3.63) is 248 Å². The SMILES string of the molecule is CC1CC=CC=C1c1cc(-c2ccccc2)cc(N(c2ccc3c(ccc4ccccc43)c2)c2ccccc2-c2cccc(-c3cccc4c3c3ccccc3n4-c3ccccc3)c2)c1. The molecule has 11 aromatic rings. The van der Waals surface area contributed by atoms with E-state index in [1.165, 1.54) is 76.7 Å². The Morgan fingerprint density at radius 2 is 1.06 bits per heavy atom. The molecular weight excluding hydrogens is 785 g/mol. The van der Waals surface area contributed by atoms with Gasteiger partial charge in [0.25, 0.3) is 0 Å². The van der Waals surface area contributed by atoms with Crippen LogP contribution in [-0.2, 0) is 0 Å². The van der Waals surface area contributed by atoms with E-state index >= 15 is 0 Å². The van der Waals surface area contributed by atoms with Gasteiger partial charge in [-0.15, -0.1) is 0 Å². The maximum atomic E-state index is 2.49. The van der Waals surface area contributed by atoms with Gasteiger partial charge in [-0.05, 0) is 140 Å². The van der Waals surface area contributed by atoms with Gasteiger partial charge in [0.15, 0.2) is 0 Å². The summed E-state index contributed by atoms with van der Waals surface area (Å²) in [5.74, 6) is 0.405. The minimum Gasteiger partial charge on any atom is -0.310 e. The van der Waals surface area contributed by atoms with Crippen LogP contribution in [0.25, 0.3) is 88.0 Å². The van der Waals surface area contributed by atoms with Gasteiger partial charge >= 0.3 is 0 Å². The molecule has 308 valence electrons. The zero-order chi connectivity index (χ0) is 43.3. The lowest BCUT2D eigenvalue weighted by Crippen LogP contribution is -2.12. The van der Waals surface area contributed by atoms with Crippen LogP contribution in [0.15, 0.2) is 243 Å². The summed E-state index contributed by atoms with van der Waals surface area (Å²) in [5, 5.41) is 7.48. The summed E-state index contributed by atoms with van der Waals surface area (Å²) in [5.41, 5.74) is 16.6. The highest BCUT2D eigenvalue weighted by atomic mass is 15.1. The highest BCUT2D eigenvalue weighted by Crippen LogP contribution is 2.46. The molecule has 0 saturated heterocycles. The number of nitrogens with zero attached hydrogens (tertiary/aromatic N) is 2. The van der Waals surface area contributed by atoms with Gasteiger partial charge in [0.2, 0.25) is 0 Å². The van der Waals surface area contributed by atoms with Crippen LogP contribution in [0.2, 0.25) is 0 Å². The van der Waals surface area contributed by atoms with Crippen LogP contribution < -0.4 is 4.90 Å². The van der Waals surface area contributed by atoms with Gasteiger partial charge in [-0.2, -0.15) is 0 Å². The molecule has 0 saturated carbocycles. The Morgan fingerprint density at radius 1 is 0.431 bits per heavy atom. The first-order valence-electron chi connectivity index (χ1n) is 22.7. The van der Waals surface area contributed by atoms with E-state index in [4.69, 9.17) is 0 Å². The molecule has 1 aliphatic rings. The molecule has 0 aliphatic heterocycles. The Labute approximate surface area is 380 Å². The monoisotopic (exact) mass is 830 g/mol. The van der Waals surface area contributed by atoms with E-state index < -0.39 is 0 Å². The van der Waals surface area contributed by atoms with Crippen LogP contribution in [0.5, 0.6) is 0 Å². The zero-order valence-corrected chi connectivity index (χ0v) is 36.3. The number of fused-ring (bicyclic) bond motifs is 6. The summed E-state index contributed by atoms with van der Waals surface area (Å²) in [4.78, 5) is 2.49. The predicted molar refractivity (Wildman–Crippen MR) is 278 cm³/mol. The van der Waals surface area contributed by atoms with Crippen molar-refractivity contribution in [3.8, 4) is 39.1 Å². The Hall–Kier alpha value is -8.20. The highest BCUT2D eigenvalue weighted by molar-refractivity contribution is 6.16. The molecule has 0 spiro atoms. The van der Waals surface area contributed by atoms with E-state index in [9.17, 15) is 0 Å². The van der Waals surface area contributed by atoms with Gasteiger partial charge in [-0.25, -0.2) is 0 Å². The minimum absolute atomic E-state index is 0.405. The molecule has 1 atom stereocenters. The maximum absolute atomic E-state index is 2.49. The Morgan fingerprint density at radius 3 is 1.92 bits per heavy atom. The molecule has 65 heavy (non-hydrogen) atoms. The van der Waals surface area contributed by atoms with Crippen molar-refractivity contribution in [1.82, 2.24) is 4.57 Å². The lowest BCUT2D eigenvalue weighted by atomic mass is 9.86. The molecule has 1 aliphatic carbocycles. The molecule has 10 aromatic carbocycles. The Bertz CT molecular complexity index is 3650. The number of aromatic nitrogens is 1. The molecule has 0 bridgehead atoms. The standard InChI is InChI=1S/C63H46N2/c1-43-18-8-10-26-54(43)50-39-49(44-19-4-2-5-20-44)41-53(42-50)64(52-36-37-56-48(40-52)35-34-45-21-9-11-27-55(45)56)60-31-14-12-28-57(60)46-22-16-23-47(38-46)58-30-17-33-62-63(58)59-29-13-15-32-61(59)65(62)51-24-6-3-7-25-51/h2-17,19-43H,18H2,1H3. The number of hydrogen-bond acceptors (Lipinski definition) is 1.